The highest BCUT2D eigenvalue weighted by atomic mass is 16.1. The van der Waals surface area contributed by atoms with E-state index < -0.39 is 0 Å². The lowest BCUT2D eigenvalue weighted by atomic mass is 10.1. The van der Waals surface area contributed by atoms with Crippen LogP contribution < -0.4 is 10.2 Å². The Labute approximate surface area is 185 Å². The van der Waals surface area contributed by atoms with Gasteiger partial charge < -0.3 is 10.2 Å². The maximum atomic E-state index is 12.7. The van der Waals surface area contributed by atoms with Crippen LogP contribution in [0.15, 0.2) is 54.6 Å². The summed E-state index contributed by atoms with van der Waals surface area (Å²) in [6.07, 6.45) is 3.88. The van der Waals surface area contributed by atoms with E-state index in [2.05, 4.69) is 52.6 Å². The number of piperidine rings is 1. The van der Waals surface area contributed by atoms with Gasteiger partial charge in [0.2, 0.25) is 0 Å². The Bertz CT molecular complexity index is 1010. The van der Waals surface area contributed by atoms with Crippen LogP contribution in [0.3, 0.4) is 0 Å². The van der Waals surface area contributed by atoms with Crippen LogP contribution in [0.25, 0.3) is 0 Å². The molecular formula is C26H32N4O. The third kappa shape index (κ3) is 5.16. The van der Waals surface area contributed by atoms with Gasteiger partial charge in [0, 0.05) is 30.0 Å². The zero-order valence-electron chi connectivity index (χ0n) is 18.8. The van der Waals surface area contributed by atoms with E-state index in [4.69, 9.17) is 0 Å². The average molecular weight is 417 g/mol. The minimum Gasteiger partial charge on any atom is -0.372 e. The predicted molar refractivity (Wildman–Crippen MR) is 126 cm³/mol. The van der Waals surface area contributed by atoms with Gasteiger partial charge in [-0.05, 0) is 81.5 Å². The number of amides is 1. The van der Waals surface area contributed by atoms with Gasteiger partial charge in [0.15, 0.2) is 0 Å². The standard InChI is InChI=1S/C26H32N4O/c1-19-17-20(2)30(28-19)18-22-7-9-24(10-8-22)26(31)27-21(3)23-11-13-25(14-12-23)29-15-5-4-6-16-29/h7-14,17,21H,4-6,15-16,18H2,1-3H3,(H,27,31)/t21-/m1/s1. The number of aromatic nitrogens is 2. The molecule has 1 aromatic heterocycles. The van der Waals surface area contributed by atoms with Crippen LogP contribution >= 0.6 is 0 Å². The van der Waals surface area contributed by atoms with Gasteiger partial charge in [-0.25, -0.2) is 0 Å². The summed E-state index contributed by atoms with van der Waals surface area (Å²) >= 11 is 0. The monoisotopic (exact) mass is 416 g/mol. The quantitative estimate of drug-likeness (QED) is 0.613. The summed E-state index contributed by atoms with van der Waals surface area (Å²) < 4.78 is 1.99. The summed E-state index contributed by atoms with van der Waals surface area (Å²) in [4.78, 5) is 15.2. The fourth-order valence-electron chi connectivity index (χ4n) is 4.26. The van der Waals surface area contributed by atoms with Crippen molar-refractivity contribution in [1.29, 1.82) is 0 Å². The van der Waals surface area contributed by atoms with Crippen molar-refractivity contribution in [2.45, 2.75) is 52.6 Å². The lowest BCUT2D eigenvalue weighted by Gasteiger charge is -2.29. The first-order chi connectivity index (χ1) is 15.0. The van der Waals surface area contributed by atoms with Gasteiger partial charge in [0.05, 0.1) is 18.3 Å². The molecule has 1 atom stereocenters. The Morgan fingerprint density at radius 1 is 1.00 bits per heavy atom. The maximum Gasteiger partial charge on any atom is 0.251 e. The van der Waals surface area contributed by atoms with E-state index in [1.54, 1.807) is 0 Å². The molecular weight excluding hydrogens is 384 g/mol. The summed E-state index contributed by atoms with van der Waals surface area (Å²) in [5.74, 6) is -0.0507. The molecule has 0 aliphatic carbocycles. The second-order valence-electron chi connectivity index (χ2n) is 8.62. The molecule has 162 valence electrons. The summed E-state index contributed by atoms with van der Waals surface area (Å²) in [5, 5.41) is 7.63. The van der Waals surface area contributed by atoms with Gasteiger partial charge in [-0.2, -0.15) is 5.10 Å². The van der Waals surface area contributed by atoms with Crippen LogP contribution in [-0.2, 0) is 6.54 Å². The van der Waals surface area contributed by atoms with Crippen LogP contribution in [0.1, 0.15) is 65.1 Å². The third-order valence-electron chi connectivity index (χ3n) is 6.11. The van der Waals surface area contributed by atoms with Crippen LogP contribution in [0, 0.1) is 13.8 Å². The average Bonchev–Trinajstić information content (AvgIpc) is 3.11. The molecule has 0 radical (unpaired) electrons. The number of rotatable bonds is 6. The van der Waals surface area contributed by atoms with Gasteiger partial charge in [-0.1, -0.05) is 24.3 Å². The second-order valence-corrected chi connectivity index (χ2v) is 8.62. The van der Waals surface area contributed by atoms with Crippen LogP contribution in [-0.4, -0.2) is 28.8 Å². The summed E-state index contributed by atoms with van der Waals surface area (Å²) in [5.41, 5.74) is 6.36. The van der Waals surface area contributed by atoms with E-state index in [-0.39, 0.29) is 11.9 Å². The van der Waals surface area contributed by atoms with Gasteiger partial charge in [-0.3, -0.25) is 9.48 Å². The van der Waals surface area contributed by atoms with Crippen molar-refractivity contribution < 1.29 is 4.79 Å². The van der Waals surface area contributed by atoms with Crippen LogP contribution in [0.5, 0.6) is 0 Å². The van der Waals surface area contributed by atoms with Crippen molar-refractivity contribution in [2.75, 3.05) is 18.0 Å². The van der Waals surface area contributed by atoms with Crippen molar-refractivity contribution in [3.63, 3.8) is 0 Å². The summed E-state index contributed by atoms with van der Waals surface area (Å²) in [6.45, 7) is 9.08. The highest BCUT2D eigenvalue weighted by Gasteiger charge is 2.14. The molecule has 1 aliphatic heterocycles. The number of hydrogen-bond donors (Lipinski definition) is 1. The van der Waals surface area contributed by atoms with E-state index in [1.807, 2.05) is 42.8 Å². The fourth-order valence-corrected chi connectivity index (χ4v) is 4.26. The van der Waals surface area contributed by atoms with Gasteiger partial charge in [-0.15, -0.1) is 0 Å². The lowest BCUT2D eigenvalue weighted by molar-refractivity contribution is 0.0940. The number of anilines is 1. The predicted octanol–water partition coefficient (Wildman–Crippen LogP) is 5.03. The zero-order chi connectivity index (χ0) is 21.8. The zero-order valence-corrected chi connectivity index (χ0v) is 18.8. The minimum atomic E-state index is -0.0507. The van der Waals surface area contributed by atoms with Crippen molar-refractivity contribution in [1.82, 2.24) is 15.1 Å². The Morgan fingerprint density at radius 2 is 1.68 bits per heavy atom. The van der Waals surface area contributed by atoms with Gasteiger partial charge in [0.1, 0.15) is 0 Å². The van der Waals surface area contributed by atoms with E-state index in [9.17, 15) is 4.79 Å². The molecule has 0 spiro atoms. The lowest BCUT2D eigenvalue weighted by Crippen LogP contribution is -2.29. The number of carbonyl (C=O) groups excluding carboxylic acids is 1. The number of nitrogens with one attached hydrogen (secondary N) is 1. The molecule has 3 aromatic rings. The molecule has 5 heteroatoms. The summed E-state index contributed by atoms with van der Waals surface area (Å²) in [7, 11) is 0. The second kappa shape index (κ2) is 9.38. The van der Waals surface area contributed by atoms with Crippen molar-refractivity contribution in [3.05, 3.63) is 82.7 Å². The van der Waals surface area contributed by atoms with E-state index >= 15 is 0 Å². The molecule has 0 bridgehead atoms. The molecule has 2 aromatic carbocycles. The first-order valence-electron chi connectivity index (χ1n) is 11.3. The topological polar surface area (TPSA) is 50.2 Å². The van der Waals surface area contributed by atoms with E-state index in [0.717, 1.165) is 35.6 Å². The normalized spacial score (nSPS) is 15.0. The number of carbonyl (C=O) groups is 1. The fraction of sp³-hybridized carbons (Fsp3) is 0.385. The van der Waals surface area contributed by atoms with Crippen LogP contribution in [0.2, 0.25) is 0 Å². The molecule has 2 heterocycles. The molecule has 0 saturated carbocycles. The van der Waals surface area contributed by atoms with Gasteiger partial charge >= 0.3 is 0 Å². The van der Waals surface area contributed by atoms with Crippen molar-refractivity contribution >= 4 is 11.6 Å². The molecule has 31 heavy (non-hydrogen) atoms. The largest absolute Gasteiger partial charge is 0.372 e. The maximum absolute atomic E-state index is 12.7. The molecule has 1 aliphatic rings. The highest BCUT2D eigenvalue weighted by Crippen LogP contribution is 2.22. The Hall–Kier alpha value is -3.08. The molecule has 1 N–H and O–H groups in total. The molecule has 1 amide bonds. The molecule has 0 unspecified atom stereocenters. The minimum absolute atomic E-state index is 0.0442. The smallest absolute Gasteiger partial charge is 0.251 e. The number of hydrogen-bond acceptors (Lipinski definition) is 3. The number of aryl methyl sites for hydroxylation is 2. The molecule has 1 fully saturated rings. The molecule has 1 saturated heterocycles. The van der Waals surface area contributed by atoms with Gasteiger partial charge in [0.25, 0.3) is 5.91 Å². The molecule has 4 rings (SSSR count). The third-order valence-corrected chi connectivity index (χ3v) is 6.11. The summed E-state index contributed by atoms with van der Waals surface area (Å²) in [6, 6.07) is 18.4. The SMILES string of the molecule is Cc1cc(C)n(Cc2ccc(C(=O)N[C@H](C)c3ccc(N4CCCCC4)cc3)cc2)n1. The van der Waals surface area contributed by atoms with E-state index in [1.165, 1.54) is 24.9 Å². The number of nitrogens with zero attached hydrogens (tertiary/aromatic N) is 3. The van der Waals surface area contributed by atoms with Crippen molar-refractivity contribution in [2.24, 2.45) is 0 Å². The molecule has 5 nitrogen and oxygen atoms in total. The highest BCUT2D eigenvalue weighted by molar-refractivity contribution is 5.94. The first kappa shape index (κ1) is 21.2. The Morgan fingerprint density at radius 3 is 2.29 bits per heavy atom. The Balaban J connectivity index is 1.35. The van der Waals surface area contributed by atoms with E-state index in [0.29, 0.717) is 12.1 Å². The first-order valence-corrected chi connectivity index (χ1v) is 11.3. The number of benzene rings is 2. The van der Waals surface area contributed by atoms with Crippen molar-refractivity contribution in [3.8, 4) is 0 Å². The van der Waals surface area contributed by atoms with Crippen LogP contribution in [0.4, 0.5) is 5.69 Å². The Kier molecular flexibility index (Phi) is 6.40.